The smallest absolute Gasteiger partial charge is 0.314 e. The molecule has 2 fully saturated rings. The summed E-state index contributed by atoms with van der Waals surface area (Å²) in [6.45, 7) is 41.1. The molecule has 0 aromatic heterocycles. The number of nitrogens with zero attached hydrogens (tertiary/aromatic N) is 3. The van der Waals surface area contributed by atoms with Gasteiger partial charge in [-0.25, -0.2) is 5.01 Å². The third-order valence-electron chi connectivity index (χ3n) is 14.4. The molecule has 8 unspecified atom stereocenters. The molecule has 8 atom stereocenters. The number of nitrogens with one attached hydrogen (secondary N) is 1. The van der Waals surface area contributed by atoms with Crippen LogP contribution in [0.4, 0.5) is 0 Å². The van der Waals surface area contributed by atoms with Gasteiger partial charge in [0.1, 0.15) is 11.9 Å². The second-order valence-corrected chi connectivity index (χ2v) is 19.9. The average molecular weight is 1080 g/mol. The molecule has 1 N–H and O–H groups in total. The van der Waals surface area contributed by atoms with Crippen LogP contribution in [0.15, 0.2) is 82.4 Å². The molecule has 1 aromatic rings. The molecule has 4 aliphatic rings. The first-order chi connectivity index (χ1) is 37.0. The molecule has 1 aromatic carbocycles. The predicted molar refractivity (Wildman–Crippen MR) is 333 cm³/mol. The van der Waals surface area contributed by atoms with E-state index in [1.54, 1.807) is 35.2 Å². The summed E-state index contributed by atoms with van der Waals surface area (Å²) in [6, 6.07) is 7.14. The van der Waals surface area contributed by atoms with E-state index >= 15 is 0 Å². The zero-order valence-corrected chi connectivity index (χ0v) is 54.0. The normalized spacial score (nSPS) is 22.0. The number of benzene rings is 1. The summed E-state index contributed by atoms with van der Waals surface area (Å²) < 4.78 is 21.0. The first-order valence-electron chi connectivity index (χ1n) is 29.8. The molecule has 1 saturated carbocycles. The lowest BCUT2D eigenvalue weighted by Crippen LogP contribution is -2.52. The Balaban J connectivity index is -0.00000114. The quantitative estimate of drug-likeness (QED) is 0.0928. The van der Waals surface area contributed by atoms with E-state index in [9.17, 15) is 9.59 Å². The Morgan fingerprint density at radius 2 is 1.60 bits per heavy atom. The largest absolute Gasteiger partial charge is 0.497 e. The Morgan fingerprint density at radius 3 is 2.09 bits per heavy atom. The minimum Gasteiger partial charge on any atom is -0.497 e. The van der Waals surface area contributed by atoms with Gasteiger partial charge in [-0.3, -0.25) is 9.59 Å². The number of likely N-dealkylation sites (tertiary alicyclic amines) is 1. The van der Waals surface area contributed by atoms with Crippen LogP contribution >= 0.6 is 0 Å². The van der Waals surface area contributed by atoms with Crippen LogP contribution in [0.1, 0.15) is 226 Å². The first kappa shape index (κ1) is 76.6. The van der Waals surface area contributed by atoms with Gasteiger partial charge in [-0.15, -0.1) is 12.3 Å². The molecule has 0 amide bonds. The second-order valence-electron chi connectivity index (χ2n) is 19.9. The van der Waals surface area contributed by atoms with Crippen molar-refractivity contribution in [3.63, 3.8) is 0 Å². The number of terminal acetylenes is 1. The summed E-state index contributed by atoms with van der Waals surface area (Å²) in [5, 5.41) is 10.2. The van der Waals surface area contributed by atoms with Gasteiger partial charge in [0, 0.05) is 69.1 Å². The van der Waals surface area contributed by atoms with Crippen molar-refractivity contribution < 1.29 is 28.5 Å². The molecule has 0 spiro atoms. The summed E-state index contributed by atoms with van der Waals surface area (Å²) in [4.78, 5) is 27.1. The van der Waals surface area contributed by atoms with Crippen LogP contribution in [0.5, 0.6) is 5.75 Å². The highest BCUT2D eigenvalue weighted by molar-refractivity contribution is 5.83. The molecule has 1 saturated heterocycles. The van der Waals surface area contributed by atoms with Crippen molar-refractivity contribution in [1.29, 1.82) is 0 Å². The number of fused-ring (bicyclic) bond motifs is 2. The Hall–Kier alpha value is -4.59. The van der Waals surface area contributed by atoms with Crippen molar-refractivity contribution in [2.75, 3.05) is 48.6 Å². The van der Waals surface area contributed by atoms with Crippen LogP contribution in [-0.4, -0.2) is 88.3 Å². The van der Waals surface area contributed by atoms with Gasteiger partial charge in [-0.1, -0.05) is 147 Å². The summed E-state index contributed by atoms with van der Waals surface area (Å²) in [5.41, 5.74) is 8.74. The zero-order valence-electron chi connectivity index (χ0n) is 54.0. The van der Waals surface area contributed by atoms with Gasteiger partial charge in [0.2, 0.25) is 0 Å². The topological polar surface area (TPSA) is 102 Å². The van der Waals surface area contributed by atoms with Gasteiger partial charge in [0.15, 0.2) is 0 Å². The summed E-state index contributed by atoms with van der Waals surface area (Å²) in [7, 11) is 8.74. The van der Waals surface area contributed by atoms with Crippen LogP contribution in [0.2, 0.25) is 0 Å². The van der Waals surface area contributed by atoms with E-state index in [1.807, 2.05) is 59.7 Å². The molecular formula is C67H118N4O6. The first-order valence-corrected chi connectivity index (χ1v) is 29.8. The maximum absolute atomic E-state index is 12.5. The van der Waals surface area contributed by atoms with Crippen LogP contribution in [0.25, 0.3) is 0 Å². The van der Waals surface area contributed by atoms with Gasteiger partial charge in [0.25, 0.3) is 0 Å². The van der Waals surface area contributed by atoms with E-state index in [2.05, 4.69) is 157 Å². The third kappa shape index (κ3) is 25.4. The number of hydrogen-bond acceptors (Lipinski definition) is 10. The van der Waals surface area contributed by atoms with Crippen molar-refractivity contribution in [3.8, 4) is 18.1 Å². The molecule has 5 rings (SSSR count). The molecule has 2 bridgehead atoms. The molecule has 3 aliphatic heterocycles. The number of rotatable bonds is 17. The lowest BCUT2D eigenvalue weighted by Gasteiger charge is -2.49. The fourth-order valence-corrected chi connectivity index (χ4v) is 10.2. The van der Waals surface area contributed by atoms with E-state index in [4.69, 9.17) is 14.2 Å². The fourth-order valence-electron chi connectivity index (χ4n) is 10.2. The number of hydrogen-bond donors (Lipinski definition) is 1. The number of ether oxygens (including phenoxy) is 4. The highest BCUT2D eigenvalue weighted by atomic mass is 16.5. The van der Waals surface area contributed by atoms with E-state index in [-0.39, 0.29) is 29.4 Å². The molecule has 77 heavy (non-hydrogen) atoms. The van der Waals surface area contributed by atoms with Gasteiger partial charge in [-0.05, 0) is 151 Å². The number of esters is 2. The van der Waals surface area contributed by atoms with Gasteiger partial charge < -0.3 is 29.2 Å². The van der Waals surface area contributed by atoms with Crippen LogP contribution < -0.4 is 10.1 Å². The summed E-state index contributed by atoms with van der Waals surface area (Å²) >= 11 is 0. The monoisotopic (exact) mass is 1070 g/mol. The van der Waals surface area contributed by atoms with E-state index in [0.717, 1.165) is 107 Å². The molecule has 442 valence electrons. The Bertz CT molecular complexity index is 1970. The molecule has 10 nitrogen and oxygen atoms in total. The van der Waals surface area contributed by atoms with Crippen LogP contribution in [0, 0.1) is 36.0 Å². The summed E-state index contributed by atoms with van der Waals surface area (Å²) in [6.07, 6.45) is 29.7. The maximum Gasteiger partial charge on any atom is 0.314 e. The van der Waals surface area contributed by atoms with Crippen molar-refractivity contribution in [2.24, 2.45) is 28.8 Å². The molecule has 1 aliphatic carbocycles. The SMILES string of the molecule is C#CC.C/C=C(\C=C1/CNC(C(CCC)C(=O)OC)=C1CCC(C)CC)N1C=CCC(C)=N1.C/C=C\CC1C(OC(C)=O)CC(C)C2(c3ccc(OC)cc3C(C)CC)CCN(C)C1C2.CC.CC.CC.CCC.COC. The third-order valence-corrected chi connectivity index (χ3v) is 14.4. The Labute approximate surface area is 475 Å². The number of carbonyl (C=O) groups excluding carboxylic acids is 2. The average Bonchev–Trinajstić information content (AvgIpc) is 3.80. The zero-order chi connectivity index (χ0) is 59.7. The summed E-state index contributed by atoms with van der Waals surface area (Å²) in [5.74, 6) is 4.53. The molecule has 3 heterocycles. The highest BCUT2D eigenvalue weighted by Crippen LogP contribution is 2.53. The lowest BCUT2D eigenvalue weighted by atomic mass is 9.61. The fraction of sp³-hybridized carbons (Fsp3) is 0.687. The predicted octanol–water partition coefficient (Wildman–Crippen LogP) is 17.2. The van der Waals surface area contributed by atoms with Crippen molar-refractivity contribution in [3.05, 3.63) is 88.4 Å². The van der Waals surface area contributed by atoms with Crippen LogP contribution in [0.3, 0.4) is 0 Å². The number of carbonyl (C=O) groups is 2. The minimum atomic E-state index is -0.220. The second kappa shape index (κ2) is 45.3. The van der Waals surface area contributed by atoms with E-state index < -0.39 is 0 Å². The number of hydrazone groups is 1. The molecular weight excluding hydrogens is 957 g/mol. The number of methoxy groups -OCH3 is 3. The minimum absolute atomic E-state index is 0.0450. The van der Waals surface area contributed by atoms with Gasteiger partial charge >= 0.3 is 11.9 Å². The Kier molecular flexibility index (Phi) is 45.1. The van der Waals surface area contributed by atoms with Gasteiger partial charge in [0.05, 0.1) is 25.8 Å². The lowest BCUT2D eigenvalue weighted by molar-refractivity contribution is -0.151. The van der Waals surface area contributed by atoms with E-state index in [1.165, 1.54) is 35.8 Å². The van der Waals surface area contributed by atoms with Crippen molar-refractivity contribution in [1.82, 2.24) is 15.2 Å². The van der Waals surface area contributed by atoms with Crippen molar-refractivity contribution >= 4 is 17.7 Å². The van der Waals surface area contributed by atoms with Crippen LogP contribution in [-0.2, 0) is 29.2 Å². The highest BCUT2D eigenvalue weighted by Gasteiger charge is 2.52. The number of piperidine rings is 1. The number of allylic oxidation sites excluding steroid dienone is 5. The van der Waals surface area contributed by atoms with Gasteiger partial charge in [-0.2, -0.15) is 5.10 Å². The molecule has 0 radical (unpaired) electrons. The maximum atomic E-state index is 12.5. The van der Waals surface area contributed by atoms with Crippen molar-refractivity contribution in [2.45, 2.75) is 232 Å². The van der Waals surface area contributed by atoms with E-state index in [0.29, 0.717) is 29.7 Å². The standard InChI is InChI=1S/C28H43NO3.C25H39N3O2.C3H8.C3H4.C2H6O.3C2H6/c1-8-10-11-23-26-18-28(14-15-29(26)6,20(4)16-27(23)32-21(5)30)25-13-12-22(31-7)17-24(25)19(3)9-2;1-7-11-23(25(29)30-6)24-22(14-13-18(4)8-2)20(17-26-24)16-21(9-3)28-15-10-12-19(5)27-28;3*1-3-2;3*1-2/h8,10,12-13,17,19-20,23,26-27H,9,11,14-16,18H2,1-7H3;9-10,15-16,18,23,26H,7-8,11-14,17H2,1-6H3;3H2,1-2H3;1H,2H3;1-2H3;3*1-2H3/b10-8-;20-16+,21-9+;;;;;;. The Morgan fingerprint density at radius 1 is 0.987 bits per heavy atom. The molecule has 10 heteroatoms.